The van der Waals surface area contributed by atoms with Gasteiger partial charge in [-0.25, -0.2) is 0 Å². The lowest BCUT2D eigenvalue weighted by Gasteiger charge is -2.24. The van der Waals surface area contributed by atoms with Crippen LogP contribution in [-0.2, 0) is 0 Å². The first-order valence-corrected chi connectivity index (χ1v) is 8.28. The molecule has 0 spiro atoms. The van der Waals surface area contributed by atoms with Crippen LogP contribution in [0.25, 0.3) is 15.8 Å². The highest BCUT2D eigenvalue weighted by Gasteiger charge is 2.26. The van der Waals surface area contributed by atoms with Gasteiger partial charge in [0.1, 0.15) is 0 Å². The Hall–Kier alpha value is -3.01. The van der Waals surface area contributed by atoms with E-state index in [0.29, 0.717) is 16.2 Å². The molecule has 0 atom stereocenters. The highest BCUT2D eigenvalue weighted by atomic mass is 35.5. The van der Waals surface area contributed by atoms with Gasteiger partial charge in [0.05, 0.1) is 29.2 Å². The molecule has 0 aromatic heterocycles. The third kappa shape index (κ3) is 3.15. The van der Waals surface area contributed by atoms with E-state index in [2.05, 4.69) is 17.5 Å². The number of fused-ring (bicyclic) bond motifs is 1. The van der Waals surface area contributed by atoms with Crippen LogP contribution in [0.3, 0.4) is 0 Å². The van der Waals surface area contributed by atoms with Crippen molar-refractivity contribution in [3.05, 3.63) is 76.6 Å². The molecule has 0 fully saturated rings. The second-order valence-electron chi connectivity index (χ2n) is 5.98. The van der Waals surface area contributed by atoms with Crippen molar-refractivity contribution in [3.8, 4) is 12.1 Å². The van der Waals surface area contributed by atoms with Crippen LogP contribution in [0.2, 0.25) is 0 Å². The fraction of sp³-hybridized carbons (Fsp3) is 0.143. The Labute approximate surface area is 152 Å². The van der Waals surface area contributed by atoms with Gasteiger partial charge in [-0.15, -0.1) is 0 Å². The molecule has 3 nitrogen and oxygen atoms in total. The van der Waals surface area contributed by atoms with Gasteiger partial charge in [-0.3, -0.25) is 0 Å². The van der Waals surface area contributed by atoms with E-state index in [-0.39, 0.29) is 0 Å². The largest absolute Gasteiger partial charge is 0.361 e. The predicted octanol–water partition coefficient (Wildman–Crippen LogP) is 5.23. The summed E-state index contributed by atoms with van der Waals surface area (Å²) in [6, 6.07) is 18.4. The molecule has 3 rings (SSSR count). The van der Waals surface area contributed by atoms with E-state index < -0.39 is 5.92 Å². The topological polar surface area (TPSA) is 59.6 Å². The normalized spacial score (nSPS) is 15.8. The van der Waals surface area contributed by atoms with Crippen molar-refractivity contribution < 1.29 is 0 Å². The van der Waals surface area contributed by atoms with Gasteiger partial charge in [0.2, 0.25) is 0 Å². The monoisotopic (exact) mass is 345 g/mol. The summed E-state index contributed by atoms with van der Waals surface area (Å²) in [6.45, 7) is 3.67. The zero-order valence-electron chi connectivity index (χ0n) is 14.0. The van der Waals surface area contributed by atoms with Crippen molar-refractivity contribution in [1.29, 1.82) is 10.5 Å². The molecule has 25 heavy (non-hydrogen) atoms. The summed E-state index contributed by atoms with van der Waals surface area (Å²) in [5, 5.41) is 24.9. The van der Waals surface area contributed by atoms with Crippen LogP contribution < -0.4 is 5.32 Å². The molecule has 1 N–H and O–H groups in total. The molecule has 4 heteroatoms. The molecule has 0 saturated heterocycles. The van der Waals surface area contributed by atoms with Gasteiger partial charge in [-0.1, -0.05) is 54.1 Å². The molecule has 1 aliphatic rings. The van der Waals surface area contributed by atoms with Gasteiger partial charge in [0.25, 0.3) is 0 Å². The average molecular weight is 346 g/mol. The van der Waals surface area contributed by atoms with Gasteiger partial charge in [0.15, 0.2) is 0 Å². The maximum atomic E-state index is 9.50. The van der Waals surface area contributed by atoms with Crippen LogP contribution in [0.15, 0.2) is 71.1 Å². The van der Waals surface area contributed by atoms with E-state index >= 15 is 0 Å². The summed E-state index contributed by atoms with van der Waals surface area (Å²) in [4.78, 5) is 0. The second-order valence-corrected chi connectivity index (χ2v) is 6.39. The van der Waals surface area contributed by atoms with Gasteiger partial charge >= 0.3 is 0 Å². The SMILES string of the molecule is CC1=C(C#N)C(/C=C(/Cl)c2ccc3ccccc3c2)C(C#N)=C(C)N1. The molecular weight excluding hydrogens is 330 g/mol. The number of dihydropyridines is 1. The van der Waals surface area contributed by atoms with Crippen molar-refractivity contribution in [2.75, 3.05) is 0 Å². The van der Waals surface area contributed by atoms with Crippen molar-refractivity contribution in [1.82, 2.24) is 5.32 Å². The molecule has 0 amide bonds. The summed E-state index contributed by atoms with van der Waals surface area (Å²) in [5.74, 6) is -0.435. The average Bonchev–Trinajstić information content (AvgIpc) is 2.61. The van der Waals surface area contributed by atoms with E-state index in [1.54, 1.807) is 6.08 Å². The van der Waals surface area contributed by atoms with Crippen LogP contribution in [0, 0.1) is 28.6 Å². The number of allylic oxidation sites excluding steroid dienone is 5. The molecule has 2 aromatic rings. The zero-order chi connectivity index (χ0) is 18.0. The van der Waals surface area contributed by atoms with Gasteiger partial charge in [-0.2, -0.15) is 10.5 Å². The summed E-state index contributed by atoms with van der Waals surface area (Å²) in [6.07, 6.45) is 1.79. The maximum Gasteiger partial charge on any atom is 0.0975 e. The van der Waals surface area contributed by atoms with Crippen molar-refractivity contribution >= 4 is 27.4 Å². The third-order valence-corrected chi connectivity index (χ3v) is 4.73. The van der Waals surface area contributed by atoms with Crippen molar-refractivity contribution in [2.24, 2.45) is 5.92 Å². The van der Waals surface area contributed by atoms with Crippen LogP contribution >= 0.6 is 11.6 Å². The first kappa shape index (κ1) is 16.8. The first-order chi connectivity index (χ1) is 12.0. The highest BCUT2D eigenvalue weighted by Crippen LogP contribution is 2.34. The van der Waals surface area contributed by atoms with Gasteiger partial charge < -0.3 is 5.32 Å². The van der Waals surface area contributed by atoms with Gasteiger partial charge in [0, 0.05) is 16.4 Å². The Morgan fingerprint density at radius 2 is 1.60 bits per heavy atom. The second kappa shape index (κ2) is 6.85. The Kier molecular flexibility index (Phi) is 4.61. The number of hydrogen-bond acceptors (Lipinski definition) is 3. The molecule has 0 saturated carbocycles. The summed E-state index contributed by atoms with van der Waals surface area (Å²) in [5.41, 5.74) is 3.40. The number of halogens is 1. The minimum atomic E-state index is -0.435. The minimum absolute atomic E-state index is 0.435. The van der Waals surface area contributed by atoms with Crippen LogP contribution in [-0.4, -0.2) is 0 Å². The van der Waals surface area contributed by atoms with Crippen LogP contribution in [0.1, 0.15) is 19.4 Å². The Morgan fingerprint density at radius 3 is 2.20 bits per heavy atom. The lowest BCUT2D eigenvalue weighted by molar-refractivity contribution is 0.799. The van der Waals surface area contributed by atoms with E-state index in [9.17, 15) is 10.5 Å². The number of benzene rings is 2. The van der Waals surface area contributed by atoms with Crippen molar-refractivity contribution in [2.45, 2.75) is 13.8 Å². The first-order valence-electron chi connectivity index (χ1n) is 7.90. The van der Waals surface area contributed by atoms with Gasteiger partial charge in [-0.05, 0) is 36.2 Å². The van der Waals surface area contributed by atoms with E-state index in [1.165, 1.54) is 0 Å². The van der Waals surface area contributed by atoms with E-state index in [1.807, 2.05) is 56.3 Å². The molecule has 0 radical (unpaired) electrons. The molecule has 0 bridgehead atoms. The minimum Gasteiger partial charge on any atom is -0.361 e. The smallest absolute Gasteiger partial charge is 0.0975 e. The van der Waals surface area contributed by atoms with E-state index in [0.717, 1.165) is 27.7 Å². The number of nitrogens with one attached hydrogen (secondary N) is 1. The lowest BCUT2D eigenvalue weighted by Crippen LogP contribution is -2.23. The van der Waals surface area contributed by atoms with E-state index in [4.69, 9.17) is 11.6 Å². The summed E-state index contributed by atoms with van der Waals surface area (Å²) < 4.78 is 0. The molecule has 1 aliphatic heterocycles. The summed E-state index contributed by atoms with van der Waals surface area (Å²) >= 11 is 6.56. The fourth-order valence-corrected chi connectivity index (χ4v) is 3.32. The molecular formula is C21H16ClN3. The number of hydrogen-bond donors (Lipinski definition) is 1. The molecule has 2 aromatic carbocycles. The Morgan fingerprint density at radius 1 is 1.00 bits per heavy atom. The molecule has 1 heterocycles. The van der Waals surface area contributed by atoms with Crippen LogP contribution in [0.4, 0.5) is 0 Å². The Balaban J connectivity index is 2.08. The number of nitriles is 2. The number of rotatable bonds is 2. The van der Waals surface area contributed by atoms with Crippen molar-refractivity contribution in [3.63, 3.8) is 0 Å². The number of nitrogens with zero attached hydrogens (tertiary/aromatic N) is 2. The lowest BCUT2D eigenvalue weighted by atomic mass is 9.86. The fourth-order valence-electron chi connectivity index (χ4n) is 3.08. The van der Waals surface area contributed by atoms with Crippen LogP contribution in [0.5, 0.6) is 0 Å². The molecule has 0 unspecified atom stereocenters. The predicted molar refractivity (Wildman–Crippen MR) is 101 cm³/mol. The maximum absolute atomic E-state index is 9.50. The summed E-state index contributed by atoms with van der Waals surface area (Å²) in [7, 11) is 0. The molecule has 122 valence electrons. The quantitative estimate of drug-likeness (QED) is 0.810. The highest BCUT2D eigenvalue weighted by molar-refractivity contribution is 6.48. The zero-order valence-corrected chi connectivity index (χ0v) is 14.7. The standard InChI is InChI=1S/C21H16ClN3/c1-13-19(11-23)18(20(12-24)14(2)25-13)10-21(22)17-8-7-15-5-3-4-6-16(15)9-17/h3-10,18,25H,1-2H3/b21-10+. The Bertz CT molecular complexity index is 993. The third-order valence-electron chi connectivity index (χ3n) is 4.38. The molecule has 0 aliphatic carbocycles.